The summed E-state index contributed by atoms with van der Waals surface area (Å²) in [6, 6.07) is 17.4. The van der Waals surface area contributed by atoms with Gasteiger partial charge < -0.3 is 10.2 Å². The van der Waals surface area contributed by atoms with E-state index in [0.717, 1.165) is 6.42 Å². The summed E-state index contributed by atoms with van der Waals surface area (Å²) in [7, 11) is 0. The molecular formula is C20H22O4. The lowest BCUT2D eigenvalue weighted by Gasteiger charge is -2.36. The molecule has 2 rings (SSSR count). The maximum absolute atomic E-state index is 12.4. The van der Waals surface area contributed by atoms with E-state index in [-0.39, 0.29) is 6.42 Å². The Morgan fingerprint density at radius 1 is 0.958 bits per heavy atom. The van der Waals surface area contributed by atoms with Crippen LogP contribution in [-0.2, 0) is 15.0 Å². The van der Waals surface area contributed by atoms with Gasteiger partial charge in [-0.2, -0.15) is 0 Å². The Morgan fingerprint density at radius 3 is 1.96 bits per heavy atom. The molecule has 24 heavy (non-hydrogen) atoms. The standard InChI is InChI=1S/C20H22O4/c1-2-3-14-20(19(23)24,16-12-8-5-9-13-16)17(18(21)22)15-10-6-4-7-11-15/h4-13,17H,2-3,14H2,1H3,(H,21,22)(H,23,24). The van der Waals surface area contributed by atoms with Crippen molar-refractivity contribution in [2.75, 3.05) is 0 Å². The molecule has 0 bridgehead atoms. The molecule has 0 saturated heterocycles. The fourth-order valence-corrected chi connectivity index (χ4v) is 3.28. The molecule has 0 aliphatic carbocycles. The van der Waals surface area contributed by atoms with Gasteiger partial charge >= 0.3 is 11.9 Å². The quantitative estimate of drug-likeness (QED) is 0.767. The van der Waals surface area contributed by atoms with Gasteiger partial charge in [-0.15, -0.1) is 0 Å². The number of hydrogen-bond acceptors (Lipinski definition) is 2. The molecule has 126 valence electrons. The monoisotopic (exact) mass is 326 g/mol. The van der Waals surface area contributed by atoms with Gasteiger partial charge in [-0.1, -0.05) is 80.4 Å². The highest BCUT2D eigenvalue weighted by atomic mass is 16.4. The average Bonchev–Trinajstić information content (AvgIpc) is 2.59. The van der Waals surface area contributed by atoms with Crippen molar-refractivity contribution < 1.29 is 19.8 Å². The predicted octanol–water partition coefficient (Wildman–Crippen LogP) is 4.07. The van der Waals surface area contributed by atoms with Crippen LogP contribution in [0.2, 0.25) is 0 Å². The van der Waals surface area contributed by atoms with Crippen molar-refractivity contribution in [3.8, 4) is 0 Å². The van der Waals surface area contributed by atoms with Gasteiger partial charge in [0.05, 0.1) is 0 Å². The van der Waals surface area contributed by atoms with Gasteiger partial charge in [0, 0.05) is 0 Å². The number of aliphatic carboxylic acids is 2. The topological polar surface area (TPSA) is 74.6 Å². The van der Waals surface area contributed by atoms with Crippen LogP contribution in [0.4, 0.5) is 0 Å². The van der Waals surface area contributed by atoms with Crippen molar-refractivity contribution in [2.24, 2.45) is 0 Å². The van der Waals surface area contributed by atoms with Crippen LogP contribution < -0.4 is 0 Å². The molecule has 0 spiro atoms. The summed E-state index contributed by atoms with van der Waals surface area (Å²) in [6.07, 6.45) is 1.70. The molecule has 2 aromatic rings. The summed E-state index contributed by atoms with van der Waals surface area (Å²) in [6.45, 7) is 1.97. The lowest BCUT2D eigenvalue weighted by Crippen LogP contribution is -2.45. The van der Waals surface area contributed by atoms with E-state index in [4.69, 9.17) is 0 Å². The van der Waals surface area contributed by atoms with E-state index in [1.807, 2.05) is 6.92 Å². The van der Waals surface area contributed by atoms with Crippen LogP contribution in [0.15, 0.2) is 60.7 Å². The molecular weight excluding hydrogens is 304 g/mol. The number of carboxylic acids is 2. The number of benzene rings is 2. The fraction of sp³-hybridized carbons (Fsp3) is 0.300. The lowest BCUT2D eigenvalue weighted by molar-refractivity contribution is -0.153. The molecule has 0 fully saturated rings. The normalized spacial score (nSPS) is 14.5. The van der Waals surface area contributed by atoms with Gasteiger partial charge in [0.25, 0.3) is 0 Å². The first-order valence-electron chi connectivity index (χ1n) is 8.10. The summed E-state index contributed by atoms with van der Waals surface area (Å²) in [5.74, 6) is -3.37. The van der Waals surface area contributed by atoms with Crippen LogP contribution >= 0.6 is 0 Å². The second-order valence-electron chi connectivity index (χ2n) is 5.93. The molecule has 0 saturated carbocycles. The van der Waals surface area contributed by atoms with E-state index >= 15 is 0 Å². The van der Waals surface area contributed by atoms with E-state index in [2.05, 4.69) is 0 Å². The molecule has 2 aromatic carbocycles. The predicted molar refractivity (Wildman–Crippen MR) is 92.1 cm³/mol. The van der Waals surface area contributed by atoms with Crippen LogP contribution in [-0.4, -0.2) is 22.2 Å². The zero-order valence-corrected chi connectivity index (χ0v) is 13.7. The highest BCUT2D eigenvalue weighted by molar-refractivity contribution is 5.92. The van der Waals surface area contributed by atoms with E-state index in [1.54, 1.807) is 60.7 Å². The first kappa shape index (κ1) is 17.7. The van der Waals surface area contributed by atoms with Crippen molar-refractivity contribution in [1.82, 2.24) is 0 Å². The average molecular weight is 326 g/mol. The Labute approximate surface area is 141 Å². The van der Waals surface area contributed by atoms with Crippen LogP contribution in [0.3, 0.4) is 0 Å². The highest BCUT2D eigenvalue weighted by Crippen LogP contribution is 2.44. The SMILES string of the molecule is CCCCC(C(=O)O)(c1ccccc1)C(C(=O)O)c1ccccc1. The first-order valence-corrected chi connectivity index (χ1v) is 8.10. The molecule has 4 nitrogen and oxygen atoms in total. The molecule has 0 radical (unpaired) electrons. The van der Waals surface area contributed by atoms with E-state index < -0.39 is 23.3 Å². The third-order valence-electron chi connectivity index (χ3n) is 4.47. The maximum atomic E-state index is 12.4. The minimum atomic E-state index is -1.50. The summed E-state index contributed by atoms with van der Waals surface area (Å²) < 4.78 is 0. The second-order valence-corrected chi connectivity index (χ2v) is 5.93. The number of unbranched alkanes of at least 4 members (excludes halogenated alkanes) is 1. The Balaban J connectivity index is 2.70. The number of carboxylic acid groups (broad SMARTS) is 2. The molecule has 0 aliphatic rings. The number of rotatable bonds is 8. The lowest BCUT2D eigenvalue weighted by atomic mass is 9.64. The van der Waals surface area contributed by atoms with Crippen LogP contribution in [0.1, 0.15) is 43.2 Å². The van der Waals surface area contributed by atoms with Gasteiger partial charge in [-0.25, -0.2) is 0 Å². The van der Waals surface area contributed by atoms with Crippen LogP contribution in [0.5, 0.6) is 0 Å². The van der Waals surface area contributed by atoms with Crippen molar-refractivity contribution in [3.05, 3.63) is 71.8 Å². The summed E-state index contributed by atoms with van der Waals surface area (Å²) >= 11 is 0. The Kier molecular flexibility index (Phi) is 5.74. The minimum absolute atomic E-state index is 0.273. The Hall–Kier alpha value is -2.62. The van der Waals surface area contributed by atoms with Gasteiger partial charge in [-0.3, -0.25) is 9.59 Å². The van der Waals surface area contributed by atoms with Crippen molar-refractivity contribution in [3.63, 3.8) is 0 Å². The van der Waals surface area contributed by atoms with Gasteiger partial charge in [0.15, 0.2) is 0 Å². The zero-order valence-electron chi connectivity index (χ0n) is 13.7. The number of hydrogen-bond donors (Lipinski definition) is 2. The smallest absolute Gasteiger partial charge is 0.315 e. The molecule has 4 heteroatoms. The van der Waals surface area contributed by atoms with Gasteiger partial charge in [-0.05, 0) is 17.5 Å². The molecule has 0 aliphatic heterocycles. The molecule has 2 unspecified atom stereocenters. The molecule has 0 aromatic heterocycles. The third kappa shape index (κ3) is 3.32. The zero-order chi connectivity index (χ0) is 17.6. The molecule has 0 amide bonds. The summed E-state index contributed by atoms with van der Waals surface area (Å²) in [5, 5.41) is 20.0. The van der Waals surface area contributed by atoms with Gasteiger partial charge in [0.2, 0.25) is 0 Å². The fourth-order valence-electron chi connectivity index (χ4n) is 3.28. The Bertz CT molecular complexity index is 681. The number of carbonyl (C=O) groups is 2. The van der Waals surface area contributed by atoms with Crippen molar-refractivity contribution >= 4 is 11.9 Å². The molecule has 0 heterocycles. The largest absolute Gasteiger partial charge is 0.481 e. The van der Waals surface area contributed by atoms with Crippen molar-refractivity contribution in [1.29, 1.82) is 0 Å². The van der Waals surface area contributed by atoms with Crippen LogP contribution in [0, 0.1) is 0 Å². The molecule has 2 N–H and O–H groups in total. The maximum Gasteiger partial charge on any atom is 0.315 e. The van der Waals surface area contributed by atoms with E-state index in [0.29, 0.717) is 17.5 Å². The Morgan fingerprint density at radius 2 is 1.50 bits per heavy atom. The molecule has 2 atom stereocenters. The summed E-state index contributed by atoms with van der Waals surface area (Å²) in [5.41, 5.74) is -0.459. The minimum Gasteiger partial charge on any atom is -0.481 e. The van der Waals surface area contributed by atoms with Crippen LogP contribution in [0.25, 0.3) is 0 Å². The van der Waals surface area contributed by atoms with E-state index in [9.17, 15) is 19.8 Å². The van der Waals surface area contributed by atoms with Crippen molar-refractivity contribution in [2.45, 2.75) is 37.5 Å². The second kappa shape index (κ2) is 7.77. The van der Waals surface area contributed by atoms with E-state index in [1.165, 1.54) is 0 Å². The third-order valence-corrected chi connectivity index (χ3v) is 4.47. The van der Waals surface area contributed by atoms with Gasteiger partial charge in [0.1, 0.15) is 11.3 Å². The summed E-state index contributed by atoms with van der Waals surface area (Å²) in [4.78, 5) is 24.5. The first-order chi connectivity index (χ1) is 11.5. The highest BCUT2D eigenvalue weighted by Gasteiger charge is 2.51.